The van der Waals surface area contributed by atoms with Gasteiger partial charge in [0.25, 0.3) is 0 Å². The van der Waals surface area contributed by atoms with Gasteiger partial charge in [-0.05, 0) is 30.5 Å². The lowest BCUT2D eigenvalue weighted by atomic mass is 10.0. The van der Waals surface area contributed by atoms with Gasteiger partial charge in [0, 0.05) is 6.54 Å². The van der Waals surface area contributed by atoms with Gasteiger partial charge in [-0.3, -0.25) is 52.7 Å². The summed E-state index contributed by atoms with van der Waals surface area (Å²) in [5.74, 6) is -14.1. The average Bonchev–Trinajstić information content (AvgIpc) is 3.32. The zero-order valence-electron chi connectivity index (χ0n) is 40.8. The number of aliphatic hydroxyl groups is 2. The molecule has 408 valence electrons. The summed E-state index contributed by atoms with van der Waals surface area (Å²) in [5.41, 5.74) is 22.3. The number of carbonyl (C=O) groups excluding carboxylic acids is 11. The molecule has 73 heavy (non-hydrogen) atoms. The van der Waals surface area contributed by atoms with Crippen molar-refractivity contribution in [3.8, 4) is 5.75 Å². The van der Waals surface area contributed by atoms with E-state index in [9.17, 15) is 78.0 Å². The number of rotatable bonds is 38. The second-order valence-corrected chi connectivity index (χ2v) is 17.1. The first-order valence-corrected chi connectivity index (χ1v) is 23.7. The van der Waals surface area contributed by atoms with Crippen LogP contribution in [0.3, 0.4) is 0 Å². The van der Waals surface area contributed by atoms with Gasteiger partial charge in [0.1, 0.15) is 42.0 Å². The summed E-state index contributed by atoms with van der Waals surface area (Å²) in [7, 11) is 0. The van der Waals surface area contributed by atoms with E-state index in [1.54, 1.807) is 0 Å². The highest BCUT2D eigenvalue weighted by Crippen LogP contribution is 2.12. The Morgan fingerprint density at radius 2 is 0.877 bits per heavy atom. The van der Waals surface area contributed by atoms with Crippen molar-refractivity contribution in [2.75, 3.05) is 26.3 Å². The smallest absolute Gasteiger partial charge is 0.328 e. The minimum absolute atomic E-state index is 0.0357. The summed E-state index contributed by atoms with van der Waals surface area (Å²) in [6.07, 6.45) is 6.47. The molecule has 20 N–H and O–H groups in total. The van der Waals surface area contributed by atoms with Crippen molar-refractivity contribution in [2.45, 2.75) is 146 Å². The van der Waals surface area contributed by atoms with E-state index in [2.05, 4.69) is 38.8 Å². The maximum atomic E-state index is 13.6. The largest absolute Gasteiger partial charge is 0.508 e. The molecule has 28 heteroatoms. The molecule has 0 aliphatic heterocycles. The first kappa shape index (κ1) is 63.6. The predicted molar refractivity (Wildman–Crippen MR) is 257 cm³/mol. The van der Waals surface area contributed by atoms with Crippen LogP contribution in [0, 0.1) is 0 Å². The van der Waals surface area contributed by atoms with Gasteiger partial charge in [-0.25, -0.2) is 4.79 Å². The maximum absolute atomic E-state index is 13.6. The number of nitrogens with one attached hydrogen (secondary N) is 8. The standard InChI is InChI=1S/C45H72N12O16/c1-2-3-4-5-6-7-8-9-10-11-16-50-40(67)31(21-37(64)53-33(24-59)45(72)73)56-43(70)30(20-36(49)63)55-44(71)32(23-58)57-42(69)29(19-35(48)62)52-38(65)22-51-41(68)28(18-34(47)61)54-39(66)27(46)17-25-12-14-26(60)15-13-25/h12-15,27-33,58-60H,2-11,16-24,46H2,1H3,(H2,47,61)(H2,48,62)(H2,49,63)(H,50,67)(H,51,68)(H,52,65)(H,53,64)(H,54,66)(H,55,71)(H,56,70)(H,57,69)(H,72,73)/t27-,28-,29+,30+,31+,32+,33-/m1/s1. The number of aromatic hydroxyl groups is 1. The van der Waals surface area contributed by atoms with Gasteiger partial charge in [-0.2, -0.15) is 0 Å². The second kappa shape index (κ2) is 34.8. The molecule has 1 aromatic rings. The van der Waals surface area contributed by atoms with Crippen LogP contribution in [0.1, 0.15) is 102 Å². The molecule has 0 bridgehead atoms. The lowest BCUT2D eigenvalue weighted by molar-refractivity contribution is -0.143. The van der Waals surface area contributed by atoms with Crippen LogP contribution in [-0.4, -0.2) is 160 Å². The Bertz CT molecular complexity index is 2040. The molecule has 1 rings (SSSR count). The number of carboxylic acid groups (broad SMARTS) is 1. The number of hydrogen-bond donors (Lipinski definition) is 16. The van der Waals surface area contributed by atoms with E-state index in [0.29, 0.717) is 12.0 Å². The number of aliphatic carboxylic acids is 1. The fourth-order valence-corrected chi connectivity index (χ4v) is 6.82. The van der Waals surface area contributed by atoms with Crippen molar-refractivity contribution in [3.63, 3.8) is 0 Å². The number of nitrogens with two attached hydrogens (primary N) is 4. The number of phenols is 1. The maximum Gasteiger partial charge on any atom is 0.328 e. The number of aliphatic hydroxyl groups excluding tert-OH is 2. The third-order valence-electron chi connectivity index (χ3n) is 10.8. The molecule has 0 heterocycles. The predicted octanol–water partition coefficient (Wildman–Crippen LogP) is -5.59. The van der Waals surface area contributed by atoms with Crippen molar-refractivity contribution >= 4 is 70.9 Å². The van der Waals surface area contributed by atoms with E-state index in [0.717, 1.165) is 44.9 Å². The normalized spacial score (nSPS) is 13.7. The molecule has 0 aromatic heterocycles. The molecular formula is C45H72N12O16. The van der Waals surface area contributed by atoms with Crippen LogP contribution in [0.2, 0.25) is 0 Å². The monoisotopic (exact) mass is 1040 g/mol. The number of benzene rings is 1. The highest BCUT2D eigenvalue weighted by Gasteiger charge is 2.34. The van der Waals surface area contributed by atoms with Crippen molar-refractivity contribution in [2.24, 2.45) is 22.9 Å². The molecule has 0 aliphatic carbocycles. The molecule has 11 amide bonds. The van der Waals surface area contributed by atoms with E-state index in [-0.39, 0.29) is 18.7 Å². The highest BCUT2D eigenvalue weighted by molar-refractivity contribution is 6.00. The van der Waals surface area contributed by atoms with Crippen LogP contribution in [0.5, 0.6) is 5.75 Å². The Morgan fingerprint density at radius 3 is 1.36 bits per heavy atom. The first-order chi connectivity index (χ1) is 34.5. The molecule has 0 aliphatic rings. The van der Waals surface area contributed by atoms with Crippen molar-refractivity contribution < 1.29 is 78.0 Å². The third-order valence-corrected chi connectivity index (χ3v) is 10.8. The molecule has 1 aromatic carbocycles. The summed E-state index contributed by atoms with van der Waals surface area (Å²) in [5, 5.41) is 55.6. The van der Waals surface area contributed by atoms with Gasteiger partial charge in [-0.1, -0.05) is 76.8 Å². The number of carbonyl (C=O) groups is 12. The minimum atomic E-state index is -1.99. The first-order valence-electron chi connectivity index (χ1n) is 23.7. The molecule has 28 nitrogen and oxygen atoms in total. The number of primary amides is 3. The summed E-state index contributed by atoms with van der Waals surface area (Å²) in [6.45, 7) is -0.920. The molecule has 0 saturated carbocycles. The second-order valence-electron chi connectivity index (χ2n) is 17.1. The van der Waals surface area contributed by atoms with Gasteiger partial charge in [0.05, 0.1) is 51.5 Å². The van der Waals surface area contributed by atoms with Gasteiger partial charge in [0.2, 0.25) is 65.0 Å². The summed E-state index contributed by atoms with van der Waals surface area (Å²) < 4.78 is 0. The Labute approximate surface area is 421 Å². The quantitative estimate of drug-likeness (QED) is 0.0275. The fraction of sp³-hybridized carbons (Fsp3) is 0.600. The van der Waals surface area contributed by atoms with Crippen molar-refractivity contribution in [3.05, 3.63) is 29.8 Å². The van der Waals surface area contributed by atoms with Crippen LogP contribution < -0.4 is 65.5 Å². The van der Waals surface area contributed by atoms with Crippen LogP contribution in [0.25, 0.3) is 0 Å². The number of phenolic OH excluding ortho intramolecular Hbond substituents is 1. The van der Waals surface area contributed by atoms with Gasteiger partial charge in [-0.15, -0.1) is 0 Å². The number of unbranched alkanes of at least 4 members (excludes halogenated alkanes) is 9. The average molecular weight is 1040 g/mol. The molecule has 0 spiro atoms. The molecule has 0 radical (unpaired) electrons. The van der Waals surface area contributed by atoms with Crippen LogP contribution in [-0.2, 0) is 64.0 Å². The zero-order chi connectivity index (χ0) is 55.0. The van der Waals surface area contributed by atoms with Crippen molar-refractivity contribution in [1.82, 2.24) is 42.5 Å². The summed E-state index contributed by atoms with van der Waals surface area (Å²) >= 11 is 0. The Morgan fingerprint density at radius 1 is 0.479 bits per heavy atom. The third kappa shape index (κ3) is 27.1. The van der Waals surface area contributed by atoms with Gasteiger partial charge < -0.3 is 85.9 Å². The van der Waals surface area contributed by atoms with E-state index in [1.165, 1.54) is 37.1 Å². The van der Waals surface area contributed by atoms with E-state index in [4.69, 9.17) is 22.9 Å². The highest BCUT2D eigenvalue weighted by atomic mass is 16.4. The molecule has 0 fully saturated rings. The lowest BCUT2D eigenvalue weighted by Gasteiger charge is -2.25. The molecular weight excluding hydrogens is 965 g/mol. The zero-order valence-corrected chi connectivity index (χ0v) is 40.8. The molecule has 7 atom stereocenters. The Balaban J connectivity index is 3.08. The lowest BCUT2D eigenvalue weighted by Crippen LogP contribution is -2.60. The fourth-order valence-electron chi connectivity index (χ4n) is 6.82. The summed E-state index contributed by atoms with van der Waals surface area (Å²) in [6, 6.07) is -6.49. The number of carboxylic acids is 1. The topological polar surface area (TPSA) is 486 Å². The number of amides is 11. The Kier molecular flexibility index (Phi) is 30.3. The van der Waals surface area contributed by atoms with E-state index < -0.39 is 159 Å². The minimum Gasteiger partial charge on any atom is -0.508 e. The molecule has 0 unspecified atom stereocenters. The summed E-state index contributed by atoms with van der Waals surface area (Å²) in [4.78, 5) is 152. The van der Waals surface area contributed by atoms with Crippen LogP contribution in [0.4, 0.5) is 0 Å². The van der Waals surface area contributed by atoms with E-state index >= 15 is 0 Å². The number of hydrogen-bond acceptors (Lipinski definition) is 16. The molecule has 0 saturated heterocycles. The van der Waals surface area contributed by atoms with Crippen molar-refractivity contribution in [1.29, 1.82) is 0 Å². The van der Waals surface area contributed by atoms with Crippen LogP contribution in [0.15, 0.2) is 24.3 Å². The van der Waals surface area contributed by atoms with Crippen LogP contribution >= 0.6 is 0 Å². The van der Waals surface area contributed by atoms with Gasteiger partial charge >= 0.3 is 5.97 Å². The van der Waals surface area contributed by atoms with Gasteiger partial charge in [0.15, 0.2) is 0 Å². The van der Waals surface area contributed by atoms with E-state index in [1.807, 2.05) is 10.6 Å². The SMILES string of the molecule is CCCCCCCCCCCCNC(=O)[C@H](CC(=O)N[C@H](CO)C(=O)O)NC(=O)[C@H](CC(N)=O)NC(=O)[C@H](CO)NC(=O)[C@H](CC(N)=O)NC(=O)CNC(=O)[C@@H](CC(N)=O)NC(=O)[C@H](N)Cc1ccc(O)cc1. The Hall–Kier alpha value is -7.46.